The Balaban J connectivity index is 1.84. The summed E-state index contributed by atoms with van der Waals surface area (Å²) in [5, 5.41) is 6.02. The fourth-order valence-corrected chi connectivity index (χ4v) is 2.59. The number of benzene rings is 2. The molecule has 3 aromatic rings. The number of unbranched alkanes of at least 4 members (excludes halogenated alkanes) is 1. The second-order valence-corrected chi connectivity index (χ2v) is 5.30. The van der Waals surface area contributed by atoms with Crippen molar-refractivity contribution in [1.29, 1.82) is 0 Å². The minimum atomic E-state index is 0.843. The van der Waals surface area contributed by atoms with E-state index in [1.165, 1.54) is 29.2 Å². The van der Waals surface area contributed by atoms with Gasteiger partial charge in [0.2, 0.25) is 5.95 Å². The van der Waals surface area contributed by atoms with E-state index in [1.54, 1.807) is 0 Å². The van der Waals surface area contributed by atoms with Gasteiger partial charge in [-0.05, 0) is 22.8 Å². The van der Waals surface area contributed by atoms with Crippen LogP contribution in [0, 0.1) is 0 Å². The first kappa shape index (κ1) is 13.7. The van der Waals surface area contributed by atoms with Gasteiger partial charge in [0, 0.05) is 18.9 Å². The molecule has 0 unspecified atom stereocenters. The van der Waals surface area contributed by atoms with Gasteiger partial charge >= 0.3 is 0 Å². The van der Waals surface area contributed by atoms with Crippen LogP contribution >= 0.6 is 0 Å². The number of rotatable bonds is 6. The lowest BCUT2D eigenvalue weighted by Crippen LogP contribution is -2.09. The average molecular weight is 279 g/mol. The number of hydrogen-bond donors (Lipinski definition) is 1. The Morgan fingerprint density at radius 2 is 1.95 bits per heavy atom. The Morgan fingerprint density at radius 1 is 1.10 bits per heavy atom. The molecular formula is C18H21N3. The molecule has 0 fully saturated rings. The first-order valence-electron chi connectivity index (χ1n) is 7.60. The van der Waals surface area contributed by atoms with Gasteiger partial charge in [-0.25, -0.2) is 4.98 Å². The first-order chi connectivity index (χ1) is 10.4. The van der Waals surface area contributed by atoms with Gasteiger partial charge in [-0.15, -0.1) is 0 Å². The summed E-state index contributed by atoms with van der Waals surface area (Å²) in [7, 11) is 0. The standard InChI is InChI=1S/C18H21N3/c1-2-3-11-19-18-20-12-13-21(18)14-16-9-6-8-15-7-4-5-10-17(15)16/h4-10,12-13H,2-3,11,14H2,1H3,(H,19,20). The molecule has 3 rings (SSSR count). The van der Waals surface area contributed by atoms with Crippen molar-refractivity contribution >= 4 is 16.7 Å². The van der Waals surface area contributed by atoms with Crippen LogP contribution in [-0.4, -0.2) is 16.1 Å². The van der Waals surface area contributed by atoms with Gasteiger partial charge in [-0.3, -0.25) is 0 Å². The Hall–Kier alpha value is -2.29. The minimum absolute atomic E-state index is 0.843. The van der Waals surface area contributed by atoms with Crippen molar-refractivity contribution in [1.82, 2.24) is 9.55 Å². The predicted octanol–water partition coefficient (Wildman–Crippen LogP) is 4.30. The summed E-state index contributed by atoms with van der Waals surface area (Å²) < 4.78 is 2.18. The van der Waals surface area contributed by atoms with E-state index in [-0.39, 0.29) is 0 Å². The summed E-state index contributed by atoms with van der Waals surface area (Å²) in [5.74, 6) is 0.955. The zero-order valence-corrected chi connectivity index (χ0v) is 12.4. The summed E-state index contributed by atoms with van der Waals surface area (Å²) >= 11 is 0. The molecule has 1 aromatic heterocycles. The van der Waals surface area contributed by atoms with Gasteiger partial charge in [0.1, 0.15) is 0 Å². The van der Waals surface area contributed by atoms with Gasteiger partial charge in [-0.1, -0.05) is 55.8 Å². The summed E-state index contributed by atoms with van der Waals surface area (Å²) in [5.41, 5.74) is 1.32. The lowest BCUT2D eigenvalue weighted by Gasteiger charge is -2.11. The molecule has 0 aliphatic carbocycles. The maximum atomic E-state index is 4.42. The van der Waals surface area contributed by atoms with Crippen LogP contribution in [0.2, 0.25) is 0 Å². The monoisotopic (exact) mass is 279 g/mol. The SMILES string of the molecule is CCCCNc1nccn1Cc1cccc2ccccc12. The molecule has 0 saturated carbocycles. The molecule has 1 N–H and O–H groups in total. The maximum Gasteiger partial charge on any atom is 0.203 e. The normalized spacial score (nSPS) is 10.9. The van der Waals surface area contributed by atoms with Gasteiger partial charge < -0.3 is 9.88 Å². The van der Waals surface area contributed by atoms with E-state index < -0.39 is 0 Å². The van der Waals surface area contributed by atoms with Crippen molar-refractivity contribution in [3.05, 3.63) is 60.4 Å². The molecule has 2 aromatic carbocycles. The fraction of sp³-hybridized carbons (Fsp3) is 0.278. The van der Waals surface area contributed by atoms with Crippen molar-refractivity contribution in [3.63, 3.8) is 0 Å². The molecule has 108 valence electrons. The third kappa shape index (κ3) is 3.07. The number of nitrogens with zero attached hydrogens (tertiary/aromatic N) is 2. The van der Waals surface area contributed by atoms with Crippen LogP contribution < -0.4 is 5.32 Å². The Kier molecular flexibility index (Phi) is 4.20. The Morgan fingerprint density at radius 3 is 2.86 bits per heavy atom. The second kappa shape index (κ2) is 6.44. The lowest BCUT2D eigenvalue weighted by atomic mass is 10.0. The summed E-state index contributed by atoms with van der Waals surface area (Å²) in [6, 6.07) is 15.0. The third-order valence-corrected chi connectivity index (χ3v) is 3.75. The lowest BCUT2D eigenvalue weighted by molar-refractivity contribution is 0.778. The van der Waals surface area contributed by atoms with Crippen LogP contribution in [0.15, 0.2) is 54.9 Å². The van der Waals surface area contributed by atoms with Crippen LogP contribution in [0.1, 0.15) is 25.3 Å². The average Bonchev–Trinajstić information content (AvgIpc) is 2.95. The molecule has 0 aliphatic heterocycles. The smallest absolute Gasteiger partial charge is 0.203 e. The van der Waals surface area contributed by atoms with E-state index in [0.29, 0.717) is 0 Å². The Bertz CT molecular complexity index is 710. The summed E-state index contributed by atoms with van der Waals surface area (Å²) in [6.45, 7) is 4.02. The number of anilines is 1. The topological polar surface area (TPSA) is 29.9 Å². The van der Waals surface area contributed by atoms with Crippen molar-refractivity contribution in [2.75, 3.05) is 11.9 Å². The molecule has 1 heterocycles. The van der Waals surface area contributed by atoms with Crippen LogP contribution in [0.4, 0.5) is 5.95 Å². The molecule has 0 aliphatic rings. The number of imidazole rings is 1. The molecule has 21 heavy (non-hydrogen) atoms. The second-order valence-electron chi connectivity index (χ2n) is 5.30. The van der Waals surface area contributed by atoms with Crippen LogP contribution in [0.25, 0.3) is 10.8 Å². The van der Waals surface area contributed by atoms with Gasteiger partial charge in [0.05, 0.1) is 6.54 Å². The zero-order valence-electron chi connectivity index (χ0n) is 12.4. The molecule has 0 radical (unpaired) electrons. The maximum absolute atomic E-state index is 4.42. The Labute approximate surface area is 125 Å². The van der Waals surface area contributed by atoms with Crippen molar-refractivity contribution < 1.29 is 0 Å². The van der Waals surface area contributed by atoms with Crippen LogP contribution in [0.5, 0.6) is 0 Å². The van der Waals surface area contributed by atoms with Crippen LogP contribution in [-0.2, 0) is 6.54 Å². The number of nitrogens with one attached hydrogen (secondary N) is 1. The molecule has 0 atom stereocenters. The van der Waals surface area contributed by atoms with E-state index in [1.807, 2.05) is 12.4 Å². The van der Waals surface area contributed by atoms with Crippen molar-refractivity contribution in [2.24, 2.45) is 0 Å². The van der Waals surface area contributed by atoms with E-state index in [2.05, 4.69) is 64.3 Å². The van der Waals surface area contributed by atoms with E-state index in [0.717, 1.165) is 19.0 Å². The summed E-state index contributed by atoms with van der Waals surface area (Å²) in [6.07, 6.45) is 6.26. The van der Waals surface area contributed by atoms with E-state index in [9.17, 15) is 0 Å². The van der Waals surface area contributed by atoms with Crippen LogP contribution in [0.3, 0.4) is 0 Å². The molecule has 0 saturated heterocycles. The molecule has 0 spiro atoms. The highest BCUT2D eigenvalue weighted by atomic mass is 15.2. The minimum Gasteiger partial charge on any atom is -0.356 e. The molecule has 3 heteroatoms. The highest BCUT2D eigenvalue weighted by Crippen LogP contribution is 2.20. The summed E-state index contributed by atoms with van der Waals surface area (Å²) in [4.78, 5) is 4.42. The predicted molar refractivity (Wildman–Crippen MR) is 88.7 cm³/mol. The fourth-order valence-electron chi connectivity index (χ4n) is 2.59. The first-order valence-corrected chi connectivity index (χ1v) is 7.60. The van der Waals surface area contributed by atoms with E-state index in [4.69, 9.17) is 0 Å². The van der Waals surface area contributed by atoms with Gasteiger partial charge in [-0.2, -0.15) is 0 Å². The van der Waals surface area contributed by atoms with Gasteiger partial charge in [0.25, 0.3) is 0 Å². The van der Waals surface area contributed by atoms with Crippen molar-refractivity contribution in [2.45, 2.75) is 26.3 Å². The quantitative estimate of drug-likeness (QED) is 0.682. The number of fused-ring (bicyclic) bond motifs is 1. The van der Waals surface area contributed by atoms with Gasteiger partial charge in [0.15, 0.2) is 0 Å². The van der Waals surface area contributed by atoms with E-state index >= 15 is 0 Å². The highest BCUT2D eigenvalue weighted by Gasteiger charge is 2.05. The number of hydrogen-bond acceptors (Lipinski definition) is 2. The number of aromatic nitrogens is 2. The molecule has 3 nitrogen and oxygen atoms in total. The largest absolute Gasteiger partial charge is 0.356 e. The highest BCUT2D eigenvalue weighted by molar-refractivity contribution is 5.85. The molecule has 0 amide bonds. The third-order valence-electron chi connectivity index (χ3n) is 3.75. The molecular weight excluding hydrogens is 258 g/mol. The zero-order chi connectivity index (χ0) is 14.5. The van der Waals surface area contributed by atoms with Crippen molar-refractivity contribution in [3.8, 4) is 0 Å². The molecule has 0 bridgehead atoms.